The first kappa shape index (κ1) is 20.7. The summed E-state index contributed by atoms with van der Waals surface area (Å²) in [7, 11) is -2.93. The number of alkyl halides is 1. The summed E-state index contributed by atoms with van der Waals surface area (Å²) < 4.78 is 52.1. The number of hydrogen-bond donors (Lipinski definition) is 1. The molecular formula is C19H23F2N3O3S2. The van der Waals surface area contributed by atoms with Gasteiger partial charge in [0.2, 0.25) is 0 Å². The van der Waals surface area contributed by atoms with Crippen molar-refractivity contribution < 1.29 is 17.2 Å². The summed E-state index contributed by atoms with van der Waals surface area (Å²) in [6.45, 7) is 0. The molecule has 1 aromatic heterocycles. The Morgan fingerprint density at radius 3 is 2.59 bits per heavy atom. The minimum Gasteiger partial charge on any atom is -0.309 e. The number of thioether (sulfide) groups is 1. The Balaban J connectivity index is 1.58. The first-order valence-electron chi connectivity index (χ1n) is 9.87. The molecule has 1 unspecified atom stereocenters. The molecule has 0 amide bonds. The standard InChI is InChI=1S/C19H23F2N3O3S2/c20-17-14(22-11-3-1-2-4-11)9-13-16(18(17)21)19(25)24-15(23-13)10-28-12-5-7-29(26,27)8-6-12/h9,11-12,17H,1-8,10H2,(H,23,24,25). The Kier molecular flexibility index (Phi) is 5.92. The highest BCUT2D eigenvalue weighted by molar-refractivity contribution is 7.99. The fraction of sp³-hybridized carbons (Fsp3) is 0.632. The zero-order valence-electron chi connectivity index (χ0n) is 15.9. The summed E-state index contributed by atoms with van der Waals surface area (Å²) in [5.74, 6) is -0.0490. The van der Waals surface area contributed by atoms with Crippen molar-refractivity contribution in [2.75, 3.05) is 11.5 Å². The molecule has 158 valence electrons. The highest BCUT2D eigenvalue weighted by atomic mass is 32.2. The molecule has 2 heterocycles. The van der Waals surface area contributed by atoms with Crippen molar-refractivity contribution in [1.82, 2.24) is 9.97 Å². The zero-order chi connectivity index (χ0) is 20.6. The maximum absolute atomic E-state index is 14.6. The summed E-state index contributed by atoms with van der Waals surface area (Å²) >= 11 is 1.52. The number of nitrogens with zero attached hydrogens (tertiary/aromatic N) is 2. The lowest BCUT2D eigenvalue weighted by Gasteiger charge is -2.21. The number of H-pyrrole nitrogens is 1. The normalized spacial score (nSPS) is 26.5. The Morgan fingerprint density at radius 2 is 1.90 bits per heavy atom. The van der Waals surface area contributed by atoms with Gasteiger partial charge in [0, 0.05) is 5.25 Å². The largest absolute Gasteiger partial charge is 0.309 e. The van der Waals surface area contributed by atoms with Crippen LogP contribution >= 0.6 is 11.8 Å². The Morgan fingerprint density at radius 1 is 1.21 bits per heavy atom. The summed E-state index contributed by atoms with van der Waals surface area (Å²) in [4.78, 5) is 23.6. The molecule has 2 fully saturated rings. The second-order valence-electron chi connectivity index (χ2n) is 7.78. The van der Waals surface area contributed by atoms with E-state index >= 15 is 0 Å². The molecule has 3 aliphatic rings. The average Bonchev–Trinajstić information content (AvgIpc) is 3.18. The van der Waals surface area contributed by atoms with Crippen molar-refractivity contribution in [3.05, 3.63) is 26.7 Å². The maximum atomic E-state index is 14.6. The molecule has 0 aromatic carbocycles. The Bertz CT molecular complexity index is 1090. The van der Waals surface area contributed by atoms with E-state index in [0.717, 1.165) is 25.7 Å². The third-order valence-electron chi connectivity index (χ3n) is 5.62. The second kappa shape index (κ2) is 8.29. The number of aromatic amines is 1. The number of hydrogen-bond acceptors (Lipinski definition) is 6. The highest BCUT2D eigenvalue weighted by Crippen LogP contribution is 2.26. The van der Waals surface area contributed by atoms with Crippen molar-refractivity contribution in [3.8, 4) is 0 Å². The first-order valence-corrected chi connectivity index (χ1v) is 12.7. The van der Waals surface area contributed by atoms with Crippen LogP contribution in [0.5, 0.6) is 0 Å². The average molecular weight is 444 g/mol. The third kappa shape index (κ3) is 4.63. The van der Waals surface area contributed by atoms with Crippen LogP contribution < -0.4 is 16.1 Å². The van der Waals surface area contributed by atoms with Gasteiger partial charge in [-0.25, -0.2) is 22.2 Å². The van der Waals surface area contributed by atoms with E-state index in [0.29, 0.717) is 24.4 Å². The topological polar surface area (TPSA) is 92.2 Å². The monoisotopic (exact) mass is 443 g/mol. The van der Waals surface area contributed by atoms with E-state index in [1.54, 1.807) is 0 Å². The van der Waals surface area contributed by atoms with E-state index in [1.807, 2.05) is 0 Å². The highest BCUT2D eigenvalue weighted by Gasteiger charge is 2.28. The number of aromatic nitrogens is 2. The summed E-state index contributed by atoms with van der Waals surface area (Å²) in [5.41, 5.74) is -0.704. The number of halogens is 2. The molecule has 0 spiro atoms. The second-order valence-corrected chi connectivity index (χ2v) is 11.4. The lowest BCUT2D eigenvalue weighted by Crippen LogP contribution is -2.50. The smallest absolute Gasteiger partial charge is 0.261 e. The van der Waals surface area contributed by atoms with Crippen LogP contribution in [-0.2, 0) is 15.6 Å². The quantitative estimate of drug-likeness (QED) is 0.754. The number of aliphatic imine (C=N–C) groups is 1. The number of sulfone groups is 1. The van der Waals surface area contributed by atoms with Crippen molar-refractivity contribution >= 4 is 39.2 Å². The molecule has 6 nitrogen and oxygen atoms in total. The molecule has 1 aromatic rings. The third-order valence-corrected chi connectivity index (χ3v) is 8.71. The predicted octanol–water partition coefficient (Wildman–Crippen LogP) is 1.17. The van der Waals surface area contributed by atoms with Gasteiger partial charge in [0.15, 0.2) is 12.0 Å². The first-order chi connectivity index (χ1) is 13.8. The van der Waals surface area contributed by atoms with Gasteiger partial charge >= 0.3 is 0 Å². The number of nitrogens with one attached hydrogen (secondary N) is 1. The predicted molar refractivity (Wildman–Crippen MR) is 111 cm³/mol. The number of fused-ring (bicyclic) bond motifs is 1. The van der Waals surface area contributed by atoms with Crippen molar-refractivity contribution in [2.45, 2.75) is 61.7 Å². The summed E-state index contributed by atoms with van der Waals surface area (Å²) in [6, 6.07) is -0.00606. The molecule has 0 bridgehead atoms. The van der Waals surface area contributed by atoms with Gasteiger partial charge in [-0.3, -0.25) is 9.79 Å². The van der Waals surface area contributed by atoms with E-state index in [4.69, 9.17) is 0 Å². The van der Waals surface area contributed by atoms with Crippen LogP contribution in [0.4, 0.5) is 8.78 Å². The molecule has 29 heavy (non-hydrogen) atoms. The van der Waals surface area contributed by atoms with Gasteiger partial charge in [-0.15, -0.1) is 0 Å². The molecule has 1 N–H and O–H groups in total. The van der Waals surface area contributed by atoms with Crippen LogP contribution in [0, 0.1) is 0 Å². The summed E-state index contributed by atoms with van der Waals surface area (Å²) in [5, 5.41) is -0.0825. The molecular weight excluding hydrogens is 420 g/mol. The molecule has 1 saturated carbocycles. The molecule has 1 saturated heterocycles. The molecule has 1 aliphatic heterocycles. The maximum Gasteiger partial charge on any atom is 0.261 e. The SMILES string of the molecule is O=c1[nH]c(CSC2CCS(=O)(=O)CC2)nc2c1=C(F)C(F)C(=NC1CCCC1)C=2. The lowest BCUT2D eigenvalue weighted by atomic mass is 10.1. The van der Waals surface area contributed by atoms with Crippen molar-refractivity contribution in [1.29, 1.82) is 0 Å². The van der Waals surface area contributed by atoms with Crippen LogP contribution in [0.3, 0.4) is 0 Å². The molecule has 1 atom stereocenters. The van der Waals surface area contributed by atoms with Crippen LogP contribution in [0.2, 0.25) is 0 Å². The summed E-state index contributed by atoms with van der Waals surface area (Å²) in [6.07, 6.45) is 4.27. The minimum atomic E-state index is -2.93. The molecule has 10 heteroatoms. The zero-order valence-corrected chi connectivity index (χ0v) is 17.5. The van der Waals surface area contributed by atoms with Gasteiger partial charge in [-0.05, 0) is 31.8 Å². The van der Waals surface area contributed by atoms with E-state index in [-0.39, 0.29) is 39.1 Å². The van der Waals surface area contributed by atoms with Gasteiger partial charge in [0.1, 0.15) is 20.9 Å². The molecule has 2 aliphatic carbocycles. The van der Waals surface area contributed by atoms with Gasteiger partial charge in [-0.1, -0.05) is 12.8 Å². The van der Waals surface area contributed by atoms with Crippen LogP contribution in [0.15, 0.2) is 9.79 Å². The Labute approximate surface area is 171 Å². The van der Waals surface area contributed by atoms with E-state index in [1.165, 1.54) is 17.8 Å². The number of rotatable bonds is 4. The van der Waals surface area contributed by atoms with E-state index in [2.05, 4.69) is 15.0 Å². The van der Waals surface area contributed by atoms with Gasteiger partial charge in [0.25, 0.3) is 5.56 Å². The van der Waals surface area contributed by atoms with Gasteiger partial charge in [-0.2, -0.15) is 11.8 Å². The fourth-order valence-corrected chi connectivity index (χ4v) is 6.88. The van der Waals surface area contributed by atoms with Crippen molar-refractivity contribution in [2.24, 2.45) is 4.99 Å². The van der Waals surface area contributed by atoms with Crippen LogP contribution in [0.1, 0.15) is 44.3 Å². The van der Waals surface area contributed by atoms with Gasteiger partial charge in [0.05, 0.1) is 34.4 Å². The van der Waals surface area contributed by atoms with Crippen molar-refractivity contribution in [3.63, 3.8) is 0 Å². The van der Waals surface area contributed by atoms with E-state index in [9.17, 15) is 22.0 Å². The van der Waals surface area contributed by atoms with Crippen LogP contribution in [-0.4, -0.2) is 53.1 Å². The molecule has 4 rings (SSSR count). The van der Waals surface area contributed by atoms with Crippen LogP contribution in [0.25, 0.3) is 11.9 Å². The van der Waals surface area contributed by atoms with Gasteiger partial charge < -0.3 is 4.98 Å². The molecule has 0 radical (unpaired) electrons. The lowest BCUT2D eigenvalue weighted by molar-refractivity contribution is 0.453. The minimum absolute atomic E-state index is 0.00362. The fourth-order valence-electron chi connectivity index (χ4n) is 3.99. The Hall–Kier alpha value is -1.55. The van der Waals surface area contributed by atoms with E-state index < -0.39 is 27.4 Å².